The minimum absolute atomic E-state index is 0.130. The molecule has 0 bridgehead atoms. The zero-order valence-corrected chi connectivity index (χ0v) is 9.14. The van der Waals surface area contributed by atoms with Crippen LogP contribution < -0.4 is 10.5 Å². The number of ether oxygens (including phenoxy) is 1. The number of hydrogen-bond acceptors (Lipinski definition) is 2. The summed E-state index contributed by atoms with van der Waals surface area (Å²) in [6.07, 6.45) is 0. The van der Waals surface area contributed by atoms with Gasteiger partial charge in [0, 0.05) is 10.5 Å². The maximum atomic E-state index is 13.1. The fraction of sp³-hybridized carbons (Fsp3) is 0.333. The van der Waals surface area contributed by atoms with Crippen LogP contribution in [0.2, 0.25) is 0 Å². The first-order valence-corrected chi connectivity index (χ1v) is 4.83. The molecule has 0 aliphatic rings. The second-order valence-electron chi connectivity index (χ2n) is 2.99. The highest BCUT2D eigenvalue weighted by Gasteiger charge is 2.11. The van der Waals surface area contributed by atoms with Gasteiger partial charge in [0.05, 0.1) is 0 Å². The Morgan fingerprint density at radius 2 is 2.14 bits per heavy atom. The Bertz CT molecular complexity index is 331. The molecule has 0 radical (unpaired) electrons. The fourth-order valence-electron chi connectivity index (χ4n) is 0.859. The summed E-state index contributed by atoms with van der Waals surface area (Å²) >= 11 is 3.04. The van der Waals surface area contributed by atoms with Crippen LogP contribution in [0.5, 0.6) is 5.75 Å². The van der Waals surface area contributed by atoms with Gasteiger partial charge in [-0.3, -0.25) is 0 Å². The van der Waals surface area contributed by atoms with Crippen LogP contribution >= 0.6 is 15.9 Å². The molecule has 14 heavy (non-hydrogen) atoms. The van der Waals surface area contributed by atoms with Crippen molar-refractivity contribution in [2.45, 2.75) is 13.0 Å². The van der Waals surface area contributed by atoms with Crippen molar-refractivity contribution < 1.29 is 13.5 Å². The largest absolute Gasteiger partial charge is 0.489 e. The van der Waals surface area contributed by atoms with Crippen molar-refractivity contribution in [1.29, 1.82) is 0 Å². The van der Waals surface area contributed by atoms with Gasteiger partial charge in [0.2, 0.25) is 5.82 Å². The Labute approximate surface area is 89.2 Å². The molecule has 1 rings (SSSR count). The van der Waals surface area contributed by atoms with Crippen LogP contribution in [-0.4, -0.2) is 12.6 Å². The molecule has 0 saturated carbocycles. The van der Waals surface area contributed by atoms with Gasteiger partial charge in [-0.25, -0.2) is 4.39 Å². The van der Waals surface area contributed by atoms with E-state index in [0.717, 1.165) is 6.07 Å². The molecule has 2 nitrogen and oxygen atoms in total. The van der Waals surface area contributed by atoms with Gasteiger partial charge in [-0.1, -0.05) is 15.9 Å². The molecule has 0 amide bonds. The van der Waals surface area contributed by atoms with E-state index >= 15 is 0 Å². The van der Waals surface area contributed by atoms with E-state index in [2.05, 4.69) is 15.9 Å². The summed E-state index contributed by atoms with van der Waals surface area (Å²) in [5.41, 5.74) is 5.41. The number of hydrogen-bond donors (Lipinski definition) is 1. The second-order valence-corrected chi connectivity index (χ2v) is 3.90. The van der Waals surface area contributed by atoms with Crippen molar-refractivity contribution in [2.75, 3.05) is 6.61 Å². The summed E-state index contributed by atoms with van der Waals surface area (Å²) < 4.78 is 31.3. The summed E-state index contributed by atoms with van der Waals surface area (Å²) in [5, 5.41) is 0. The van der Waals surface area contributed by atoms with Crippen molar-refractivity contribution in [3.8, 4) is 5.75 Å². The normalized spacial score (nSPS) is 12.6. The Morgan fingerprint density at radius 1 is 1.50 bits per heavy atom. The predicted molar refractivity (Wildman–Crippen MR) is 53.2 cm³/mol. The van der Waals surface area contributed by atoms with Crippen LogP contribution in [-0.2, 0) is 0 Å². The lowest BCUT2D eigenvalue weighted by Gasteiger charge is -2.10. The molecule has 0 saturated heterocycles. The van der Waals surface area contributed by atoms with Gasteiger partial charge in [0.25, 0.3) is 0 Å². The quantitative estimate of drug-likeness (QED) is 0.853. The van der Waals surface area contributed by atoms with Gasteiger partial charge >= 0.3 is 0 Å². The molecule has 0 aromatic heterocycles. The molecule has 2 N–H and O–H groups in total. The fourth-order valence-corrected chi connectivity index (χ4v) is 1.27. The Hall–Kier alpha value is -0.680. The summed E-state index contributed by atoms with van der Waals surface area (Å²) in [4.78, 5) is 0. The summed E-state index contributed by atoms with van der Waals surface area (Å²) in [6, 6.07) is 2.17. The third kappa shape index (κ3) is 2.92. The molecule has 0 fully saturated rings. The number of halogens is 3. The van der Waals surface area contributed by atoms with Crippen LogP contribution in [0, 0.1) is 11.6 Å². The number of nitrogens with two attached hydrogens (primary N) is 1. The molecule has 0 aliphatic heterocycles. The maximum Gasteiger partial charge on any atom is 0.200 e. The molecule has 0 spiro atoms. The molecule has 0 aliphatic carbocycles. The zero-order valence-electron chi connectivity index (χ0n) is 7.56. The first-order valence-electron chi connectivity index (χ1n) is 4.03. The van der Waals surface area contributed by atoms with E-state index < -0.39 is 11.6 Å². The predicted octanol–water partition coefficient (Wildman–Crippen LogP) is 2.45. The van der Waals surface area contributed by atoms with Gasteiger partial charge < -0.3 is 10.5 Å². The van der Waals surface area contributed by atoms with E-state index in [4.69, 9.17) is 10.5 Å². The second kappa shape index (κ2) is 4.70. The SMILES string of the molecule is CC(N)COc1cc(Br)cc(F)c1F. The van der Waals surface area contributed by atoms with E-state index in [9.17, 15) is 8.78 Å². The Kier molecular flexibility index (Phi) is 3.83. The van der Waals surface area contributed by atoms with Gasteiger partial charge in [0.15, 0.2) is 11.6 Å². The molecular weight excluding hydrogens is 256 g/mol. The third-order valence-electron chi connectivity index (χ3n) is 1.46. The lowest BCUT2D eigenvalue weighted by Crippen LogP contribution is -2.24. The monoisotopic (exact) mass is 265 g/mol. The average Bonchev–Trinajstić information content (AvgIpc) is 2.08. The molecule has 1 aromatic carbocycles. The maximum absolute atomic E-state index is 13.1. The molecule has 1 unspecified atom stereocenters. The van der Waals surface area contributed by atoms with Crippen LogP contribution in [0.4, 0.5) is 8.78 Å². The van der Waals surface area contributed by atoms with Crippen molar-refractivity contribution >= 4 is 15.9 Å². The minimum atomic E-state index is -0.992. The third-order valence-corrected chi connectivity index (χ3v) is 1.92. The Balaban J connectivity index is 2.85. The van der Waals surface area contributed by atoms with Crippen molar-refractivity contribution in [3.63, 3.8) is 0 Å². The summed E-state index contributed by atoms with van der Waals surface area (Å²) in [5.74, 6) is -2.07. The molecule has 1 atom stereocenters. The molecular formula is C9H10BrF2NO. The number of rotatable bonds is 3. The molecule has 78 valence electrons. The zero-order chi connectivity index (χ0) is 10.7. The van der Waals surface area contributed by atoms with Gasteiger partial charge in [-0.05, 0) is 19.1 Å². The molecule has 0 heterocycles. The van der Waals surface area contributed by atoms with Crippen LogP contribution in [0.1, 0.15) is 6.92 Å². The van der Waals surface area contributed by atoms with Crippen LogP contribution in [0.25, 0.3) is 0 Å². The standard InChI is InChI=1S/C9H10BrF2NO/c1-5(13)4-14-8-3-6(10)2-7(11)9(8)12/h2-3,5H,4,13H2,1H3. The van der Waals surface area contributed by atoms with E-state index in [1.807, 2.05) is 0 Å². The minimum Gasteiger partial charge on any atom is -0.489 e. The van der Waals surface area contributed by atoms with E-state index in [1.165, 1.54) is 6.07 Å². The smallest absolute Gasteiger partial charge is 0.200 e. The van der Waals surface area contributed by atoms with Crippen molar-refractivity contribution in [2.24, 2.45) is 5.73 Å². The lowest BCUT2D eigenvalue weighted by molar-refractivity contribution is 0.277. The van der Waals surface area contributed by atoms with Gasteiger partial charge in [-0.2, -0.15) is 4.39 Å². The van der Waals surface area contributed by atoms with Crippen LogP contribution in [0.3, 0.4) is 0 Å². The average molecular weight is 266 g/mol. The van der Waals surface area contributed by atoms with Crippen molar-refractivity contribution in [3.05, 3.63) is 28.2 Å². The van der Waals surface area contributed by atoms with E-state index in [0.29, 0.717) is 4.47 Å². The highest BCUT2D eigenvalue weighted by molar-refractivity contribution is 9.10. The summed E-state index contributed by atoms with van der Waals surface area (Å²) in [7, 11) is 0. The first kappa shape index (κ1) is 11.4. The molecule has 1 aromatic rings. The van der Waals surface area contributed by atoms with E-state index in [-0.39, 0.29) is 18.4 Å². The highest BCUT2D eigenvalue weighted by Crippen LogP contribution is 2.25. The highest BCUT2D eigenvalue weighted by atomic mass is 79.9. The topological polar surface area (TPSA) is 35.2 Å². The Morgan fingerprint density at radius 3 is 2.71 bits per heavy atom. The lowest BCUT2D eigenvalue weighted by atomic mass is 10.3. The molecule has 5 heteroatoms. The van der Waals surface area contributed by atoms with Crippen LogP contribution in [0.15, 0.2) is 16.6 Å². The summed E-state index contributed by atoms with van der Waals surface area (Å²) in [6.45, 7) is 1.86. The van der Waals surface area contributed by atoms with E-state index in [1.54, 1.807) is 6.92 Å². The first-order chi connectivity index (χ1) is 6.50. The van der Waals surface area contributed by atoms with Crippen molar-refractivity contribution in [1.82, 2.24) is 0 Å². The number of benzene rings is 1. The van der Waals surface area contributed by atoms with Gasteiger partial charge in [-0.15, -0.1) is 0 Å². The van der Waals surface area contributed by atoms with Gasteiger partial charge in [0.1, 0.15) is 6.61 Å².